The first-order valence-electron chi connectivity index (χ1n) is 17.8. The monoisotopic (exact) mass is 672 g/mol. The van der Waals surface area contributed by atoms with E-state index in [-0.39, 0.29) is 36.4 Å². The number of carbonyl (C=O) groups is 2. The van der Waals surface area contributed by atoms with E-state index in [9.17, 15) is 19.8 Å². The summed E-state index contributed by atoms with van der Waals surface area (Å²) in [6.45, 7) is 9.54. The average Bonchev–Trinajstić information content (AvgIpc) is 3.78. The summed E-state index contributed by atoms with van der Waals surface area (Å²) in [4.78, 5) is 30.6. The minimum absolute atomic E-state index is 0.0144. The van der Waals surface area contributed by atoms with Gasteiger partial charge in [0.15, 0.2) is 0 Å². The van der Waals surface area contributed by atoms with Crippen molar-refractivity contribution in [2.45, 2.75) is 115 Å². The van der Waals surface area contributed by atoms with Crippen LogP contribution in [0.5, 0.6) is 0 Å². The van der Waals surface area contributed by atoms with Crippen LogP contribution >= 0.6 is 11.3 Å². The number of benzene rings is 2. The lowest BCUT2D eigenvalue weighted by Crippen LogP contribution is -2.57. The number of carbonyl (C=O) groups excluding carboxylic acids is 2. The smallest absolute Gasteiger partial charge is 0.317 e. The first-order chi connectivity index (χ1) is 23.0. The summed E-state index contributed by atoms with van der Waals surface area (Å²) in [6, 6.07) is 16.0. The molecule has 2 aromatic carbocycles. The van der Waals surface area contributed by atoms with Crippen LogP contribution in [0.25, 0.3) is 10.1 Å². The van der Waals surface area contributed by atoms with Crippen molar-refractivity contribution in [2.75, 3.05) is 19.7 Å². The standard InChI is InChI=1S/C40H52N2O5S/c1-26(2)41-38(45)42(24-31-11-8-20-47-31)25-40(46)19-17-34-32-16-14-28(21-30(43)15-13-27(3)9-7-18-39(34,40)4)22-33(32)37(44)36-23-29-10-5-6-12-35(29)48-36/h5-6,9-10,12,14,16,22-23,26,30-31,34,43,46H,7-8,11,13,15,17-21,24-25H2,1-4H3,(H,41,45)/t30-,31+,34-,39-,40+/m0/s1. The summed E-state index contributed by atoms with van der Waals surface area (Å²) in [7, 11) is 0. The predicted molar refractivity (Wildman–Crippen MR) is 193 cm³/mol. The Morgan fingerprint density at radius 3 is 2.67 bits per heavy atom. The van der Waals surface area contributed by atoms with Gasteiger partial charge in [-0.2, -0.15) is 0 Å². The van der Waals surface area contributed by atoms with Crippen LogP contribution in [0.15, 0.2) is 60.2 Å². The molecule has 0 unspecified atom stereocenters. The maximum atomic E-state index is 14.5. The van der Waals surface area contributed by atoms with E-state index in [1.54, 1.807) is 4.90 Å². The van der Waals surface area contributed by atoms with Crippen LogP contribution in [-0.2, 0) is 11.2 Å². The van der Waals surface area contributed by atoms with Crippen LogP contribution in [0, 0.1) is 5.41 Å². The van der Waals surface area contributed by atoms with Crippen LogP contribution in [0.4, 0.5) is 4.79 Å². The zero-order chi connectivity index (χ0) is 34.1. The maximum absolute atomic E-state index is 14.5. The fraction of sp³-hybridized carbons (Fsp3) is 0.550. The molecule has 3 N–H and O–H groups in total. The van der Waals surface area contributed by atoms with Gasteiger partial charge in [-0.3, -0.25) is 4.79 Å². The zero-order valence-corrected chi connectivity index (χ0v) is 29.8. The molecule has 1 saturated carbocycles. The molecule has 2 fully saturated rings. The first kappa shape index (κ1) is 34.8. The molecule has 3 aliphatic carbocycles. The van der Waals surface area contributed by atoms with E-state index >= 15 is 0 Å². The number of allylic oxidation sites excluding steroid dienone is 2. The molecule has 1 saturated heterocycles. The molecule has 1 aliphatic heterocycles. The molecular formula is C40H52N2O5S. The molecule has 258 valence electrons. The Labute approximate surface area is 289 Å². The molecule has 0 radical (unpaired) electrons. The van der Waals surface area contributed by atoms with Crippen molar-refractivity contribution < 1.29 is 24.5 Å². The van der Waals surface area contributed by atoms with E-state index in [1.807, 2.05) is 50.2 Å². The fourth-order valence-electron chi connectivity index (χ4n) is 8.33. The van der Waals surface area contributed by atoms with E-state index in [0.717, 1.165) is 46.9 Å². The number of hydrogen-bond acceptors (Lipinski definition) is 6. The number of rotatable bonds is 7. The third kappa shape index (κ3) is 7.28. The van der Waals surface area contributed by atoms with Crippen LogP contribution in [0.3, 0.4) is 0 Å². The number of urea groups is 1. The summed E-state index contributed by atoms with van der Waals surface area (Å²) < 4.78 is 7.03. The minimum Gasteiger partial charge on any atom is -0.393 e. The number of ketones is 1. The van der Waals surface area contributed by atoms with Gasteiger partial charge in [0.05, 0.1) is 29.2 Å². The van der Waals surface area contributed by atoms with Crippen molar-refractivity contribution in [3.63, 3.8) is 0 Å². The third-order valence-corrected chi connectivity index (χ3v) is 12.3. The van der Waals surface area contributed by atoms with Gasteiger partial charge in [0.2, 0.25) is 5.78 Å². The number of nitrogens with one attached hydrogen (secondary N) is 1. The van der Waals surface area contributed by atoms with E-state index in [1.165, 1.54) is 16.9 Å². The van der Waals surface area contributed by atoms with E-state index in [4.69, 9.17) is 4.74 Å². The lowest BCUT2D eigenvalue weighted by Gasteiger charge is -2.46. The lowest BCUT2D eigenvalue weighted by molar-refractivity contribution is -0.0808. The van der Waals surface area contributed by atoms with Crippen LogP contribution < -0.4 is 5.32 Å². The van der Waals surface area contributed by atoms with Gasteiger partial charge in [0.25, 0.3) is 0 Å². The summed E-state index contributed by atoms with van der Waals surface area (Å²) in [5, 5.41) is 28.0. The molecule has 8 heteroatoms. The van der Waals surface area contributed by atoms with E-state index in [0.29, 0.717) is 55.7 Å². The molecule has 2 amide bonds. The Bertz CT molecular complexity index is 1620. The highest BCUT2D eigenvalue weighted by atomic mass is 32.1. The number of thiophene rings is 1. The molecule has 0 spiro atoms. The quantitative estimate of drug-likeness (QED) is 0.176. The van der Waals surface area contributed by atoms with Gasteiger partial charge >= 0.3 is 6.03 Å². The molecule has 48 heavy (non-hydrogen) atoms. The second kappa shape index (κ2) is 14.4. The van der Waals surface area contributed by atoms with Crippen molar-refractivity contribution in [3.05, 3.63) is 81.7 Å². The molecule has 2 bridgehead atoms. The maximum Gasteiger partial charge on any atom is 0.317 e. The highest BCUT2D eigenvalue weighted by Gasteiger charge is 2.58. The van der Waals surface area contributed by atoms with Gasteiger partial charge < -0.3 is 25.2 Å². The highest BCUT2D eigenvalue weighted by Crippen LogP contribution is 2.59. The highest BCUT2D eigenvalue weighted by molar-refractivity contribution is 7.21. The normalized spacial score (nSPS) is 27.9. The Kier molecular flexibility index (Phi) is 10.5. The molecular weight excluding hydrogens is 621 g/mol. The SMILES string of the molecule is CC1=CCC[C@@]2(C)[C@@H](CC[C@@]2(O)CN(C[C@H]2CCCO2)C(=O)NC(C)C)c2ccc(cc2C(=O)c2cc3ccccc3s2)C[C@@H](O)CC1. The molecule has 4 aliphatic rings. The van der Waals surface area contributed by atoms with Crippen molar-refractivity contribution in [1.82, 2.24) is 10.2 Å². The van der Waals surface area contributed by atoms with Gasteiger partial charge in [-0.15, -0.1) is 11.3 Å². The van der Waals surface area contributed by atoms with Crippen LogP contribution in [0.2, 0.25) is 0 Å². The second-order valence-corrected chi connectivity index (χ2v) is 16.1. The third-order valence-electron chi connectivity index (χ3n) is 11.2. The van der Waals surface area contributed by atoms with Gasteiger partial charge in [-0.05, 0) is 119 Å². The van der Waals surface area contributed by atoms with Gasteiger partial charge in [-0.25, -0.2) is 4.79 Å². The topological polar surface area (TPSA) is 99.1 Å². The largest absolute Gasteiger partial charge is 0.393 e. The summed E-state index contributed by atoms with van der Waals surface area (Å²) >= 11 is 1.51. The Hall–Kier alpha value is -3.04. The molecule has 7 rings (SSSR count). The van der Waals surface area contributed by atoms with Crippen LogP contribution in [0.1, 0.15) is 111 Å². The molecule has 5 atom stereocenters. The van der Waals surface area contributed by atoms with Crippen LogP contribution in [-0.4, -0.2) is 70.5 Å². The lowest BCUT2D eigenvalue weighted by atomic mass is 9.64. The number of amides is 2. The van der Waals surface area contributed by atoms with E-state index in [2.05, 4.69) is 37.4 Å². The Morgan fingerprint density at radius 1 is 1.10 bits per heavy atom. The summed E-state index contributed by atoms with van der Waals surface area (Å²) in [5.41, 5.74) is 1.97. The number of hydrogen-bond donors (Lipinski definition) is 3. The van der Waals surface area contributed by atoms with Crippen molar-refractivity contribution in [2.24, 2.45) is 5.41 Å². The van der Waals surface area contributed by atoms with Gasteiger partial charge in [0, 0.05) is 34.9 Å². The fourth-order valence-corrected chi connectivity index (χ4v) is 9.35. The molecule has 2 heterocycles. The molecule has 7 nitrogen and oxygen atoms in total. The zero-order valence-electron chi connectivity index (χ0n) is 29.0. The molecule has 1 aromatic heterocycles. The summed E-state index contributed by atoms with van der Waals surface area (Å²) in [6.07, 6.45) is 8.19. The second-order valence-electron chi connectivity index (χ2n) is 15.0. The Morgan fingerprint density at radius 2 is 1.92 bits per heavy atom. The van der Waals surface area contributed by atoms with E-state index < -0.39 is 17.1 Å². The van der Waals surface area contributed by atoms with Crippen molar-refractivity contribution in [1.29, 1.82) is 0 Å². The van der Waals surface area contributed by atoms with Crippen molar-refractivity contribution in [3.8, 4) is 0 Å². The number of aliphatic hydroxyl groups is 2. The number of ether oxygens (including phenoxy) is 1. The van der Waals surface area contributed by atoms with Gasteiger partial charge in [-0.1, -0.05) is 48.9 Å². The summed E-state index contributed by atoms with van der Waals surface area (Å²) in [5.74, 6) is -0.122. The van der Waals surface area contributed by atoms with Crippen molar-refractivity contribution >= 4 is 33.2 Å². The Balaban J connectivity index is 1.42. The average molecular weight is 673 g/mol. The molecule has 3 aromatic rings. The minimum atomic E-state index is -1.18. The first-order valence-corrected chi connectivity index (χ1v) is 18.7. The predicted octanol–water partition coefficient (Wildman–Crippen LogP) is 7.77. The number of nitrogens with zero attached hydrogens (tertiary/aromatic N) is 1. The number of fused-ring (bicyclic) bond motifs is 9. The number of aliphatic hydroxyl groups excluding tert-OH is 1. The van der Waals surface area contributed by atoms with Gasteiger partial charge in [0.1, 0.15) is 0 Å².